The molecule has 2 bridgehead atoms. The van der Waals surface area contributed by atoms with Crippen LogP contribution in [0.5, 0.6) is 0 Å². The van der Waals surface area contributed by atoms with Gasteiger partial charge in [0.25, 0.3) is 5.91 Å². The summed E-state index contributed by atoms with van der Waals surface area (Å²) in [6, 6.07) is 0. The number of ether oxygens (including phenoxy) is 2. The van der Waals surface area contributed by atoms with Crippen molar-refractivity contribution in [3.8, 4) is 0 Å². The first-order valence-electron chi connectivity index (χ1n) is 16.0. The minimum atomic E-state index is -0.772. The molecule has 0 unspecified atom stereocenters. The Balaban J connectivity index is 1.23. The van der Waals surface area contributed by atoms with Crippen molar-refractivity contribution in [2.45, 2.75) is 78.7 Å². The Kier molecular flexibility index (Phi) is 8.82. The Bertz CT molecular complexity index is 1360. The number of imidazole rings is 1. The number of ketones is 1. The molecule has 0 spiro atoms. The number of carbonyl (C=O) groups excluding carboxylic acids is 4. The fourth-order valence-electron chi connectivity index (χ4n) is 8.87. The van der Waals surface area contributed by atoms with E-state index in [-0.39, 0.29) is 59.7 Å². The number of nitrogen functional groups attached to an aromatic ring is 1. The second-order valence-corrected chi connectivity index (χ2v) is 14.2. The smallest absolute Gasteiger partial charge is 0.411 e. The van der Waals surface area contributed by atoms with E-state index in [1.54, 1.807) is 6.08 Å². The van der Waals surface area contributed by atoms with Crippen LogP contribution >= 0.6 is 0 Å². The average Bonchev–Trinajstić information content (AvgIpc) is 3.56. The molecule has 4 fully saturated rings. The largest absolute Gasteiger partial charge is 0.461 e. The van der Waals surface area contributed by atoms with E-state index in [1.807, 2.05) is 11.8 Å². The summed E-state index contributed by atoms with van der Waals surface area (Å²) in [7, 11) is 0. The van der Waals surface area contributed by atoms with Gasteiger partial charge in [-0.25, -0.2) is 9.78 Å². The molecule has 0 aromatic carbocycles. The fourth-order valence-corrected chi connectivity index (χ4v) is 8.87. The summed E-state index contributed by atoms with van der Waals surface area (Å²) in [4.78, 5) is 58.5. The molecule has 13 nitrogen and oxygen atoms in total. The number of primary amides is 1. The molecule has 4 aliphatic rings. The second-order valence-electron chi connectivity index (χ2n) is 14.2. The van der Waals surface area contributed by atoms with E-state index >= 15 is 0 Å². The topological polar surface area (TPSA) is 183 Å². The summed E-state index contributed by atoms with van der Waals surface area (Å²) in [5, 5.41) is 11.7. The van der Waals surface area contributed by atoms with Crippen LogP contribution in [-0.4, -0.2) is 93.1 Å². The zero-order chi connectivity index (χ0) is 32.9. The number of rotatable bonds is 7. The van der Waals surface area contributed by atoms with Gasteiger partial charge in [-0.15, -0.1) is 6.58 Å². The number of piperazine rings is 1. The molecule has 3 saturated carbocycles. The summed E-state index contributed by atoms with van der Waals surface area (Å²) < 4.78 is 13.0. The highest BCUT2D eigenvalue weighted by Gasteiger charge is 2.68. The van der Waals surface area contributed by atoms with Crippen LogP contribution in [-0.2, 0) is 25.8 Å². The molecule has 5 N–H and O–H groups in total. The van der Waals surface area contributed by atoms with E-state index in [4.69, 9.17) is 20.9 Å². The zero-order valence-electron chi connectivity index (χ0n) is 26.9. The normalized spacial score (nSPS) is 36.9. The molecule has 3 aliphatic carbocycles. The van der Waals surface area contributed by atoms with Crippen LogP contribution in [0.25, 0.3) is 0 Å². The van der Waals surface area contributed by atoms with Crippen LogP contribution < -0.4 is 11.5 Å². The lowest BCUT2D eigenvalue weighted by Crippen LogP contribution is -2.63. The summed E-state index contributed by atoms with van der Waals surface area (Å²) in [5.74, 6) is -1.14. The van der Waals surface area contributed by atoms with Gasteiger partial charge in [0.1, 0.15) is 17.7 Å². The van der Waals surface area contributed by atoms with Crippen LogP contribution in [0, 0.1) is 34.0 Å². The number of aliphatic hydroxyl groups is 1. The van der Waals surface area contributed by atoms with E-state index in [2.05, 4.69) is 32.3 Å². The number of aliphatic hydroxyl groups excluding tert-OH is 1. The average molecular weight is 629 g/mol. The van der Waals surface area contributed by atoms with Crippen molar-refractivity contribution in [2.75, 3.05) is 38.5 Å². The molecular formula is C32H48N6O7. The van der Waals surface area contributed by atoms with Crippen LogP contribution in [0.4, 0.5) is 10.6 Å². The van der Waals surface area contributed by atoms with Crippen molar-refractivity contribution >= 4 is 29.6 Å². The van der Waals surface area contributed by atoms with E-state index < -0.39 is 35.0 Å². The highest BCUT2D eigenvalue weighted by Crippen LogP contribution is 2.68. The quantitative estimate of drug-likeness (QED) is 0.299. The van der Waals surface area contributed by atoms with Gasteiger partial charge in [0.15, 0.2) is 12.4 Å². The SMILES string of the molecule is C=C[C@]1(C)C[C@@H](OC(=O)CN2CCN(C(=O)OCn3cnc(C(N)=O)c3N)CC2)[C@]2(C)[C@H](C)CC[C@]3(CCC(=O)[C@H]32)[C@@H](C)[C@@H]1O. The third-order valence-corrected chi connectivity index (χ3v) is 12.0. The Hall–Kier alpha value is -3.45. The van der Waals surface area contributed by atoms with Crippen LogP contribution in [0.1, 0.15) is 70.3 Å². The van der Waals surface area contributed by atoms with Gasteiger partial charge in [0, 0.05) is 49.3 Å². The van der Waals surface area contributed by atoms with Gasteiger partial charge in [-0.1, -0.05) is 33.8 Å². The third-order valence-electron chi connectivity index (χ3n) is 12.0. The van der Waals surface area contributed by atoms with Crippen molar-refractivity contribution in [2.24, 2.45) is 39.7 Å². The number of Topliss-reactive ketones (excluding diaryl/α,β-unsaturated/α-hetero) is 1. The number of hydrogen-bond donors (Lipinski definition) is 3. The van der Waals surface area contributed by atoms with Gasteiger partial charge in [-0.2, -0.15) is 0 Å². The van der Waals surface area contributed by atoms with Crippen LogP contribution in [0.2, 0.25) is 0 Å². The van der Waals surface area contributed by atoms with Crippen molar-refractivity contribution in [3.63, 3.8) is 0 Å². The first kappa shape index (κ1) is 32.9. The predicted octanol–water partition coefficient (Wildman–Crippen LogP) is 2.18. The fraction of sp³-hybridized carbons (Fsp3) is 0.719. The highest BCUT2D eigenvalue weighted by molar-refractivity contribution is 5.95. The molecule has 2 amide bonds. The van der Waals surface area contributed by atoms with Gasteiger partial charge in [-0.3, -0.25) is 23.9 Å². The minimum Gasteiger partial charge on any atom is -0.461 e. The molecule has 8 atom stereocenters. The standard InChI is InChI=1S/C32H48N6O7/c1-6-30(4)15-22(31(5)19(2)7-9-32(20(3)26(30)41)10-8-21(39)25(31)32)45-23(40)16-36-11-13-37(14-12-36)29(43)44-18-38-17-35-24(27(38)33)28(34)42/h6,17,19-20,22,25-26,41H,1,7-16,18,33H2,2-5H3,(H2,34,42)/t19-,20+,22-,25+,26+,30-,31+,32+/m1/s1. The second kappa shape index (κ2) is 12.1. The maximum absolute atomic E-state index is 13.6. The number of amides is 2. The third kappa shape index (κ3) is 5.51. The molecule has 1 aromatic rings. The molecule has 1 aromatic heterocycles. The molecule has 248 valence electrons. The van der Waals surface area contributed by atoms with Crippen molar-refractivity contribution in [1.82, 2.24) is 19.4 Å². The summed E-state index contributed by atoms with van der Waals surface area (Å²) in [6.45, 7) is 13.8. The van der Waals surface area contributed by atoms with E-state index in [1.165, 1.54) is 15.8 Å². The summed E-state index contributed by atoms with van der Waals surface area (Å²) >= 11 is 0. The highest BCUT2D eigenvalue weighted by atomic mass is 16.6. The maximum Gasteiger partial charge on any atom is 0.411 e. The lowest BCUT2D eigenvalue weighted by molar-refractivity contribution is -0.207. The van der Waals surface area contributed by atoms with Gasteiger partial charge in [0.2, 0.25) is 0 Å². The monoisotopic (exact) mass is 628 g/mol. The summed E-state index contributed by atoms with van der Waals surface area (Å²) in [6.07, 6.45) is 4.65. The molecular weight excluding hydrogens is 580 g/mol. The number of nitrogens with two attached hydrogens (primary N) is 2. The number of anilines is 1. The van der Waals surface area contributed by atoms with Crippen LogP contribution in [0.3, 0.4) is 0 Å². The lowest BCUT2D eigenvalue weighted by Gasteiger charge is -2.61. The number of aromatic nitrogens is 2. The van der Waals surface area contributed by atoms with Crippen LogP contribution in [0.15, 0.2) is 19.0 Å². The predicted molar refractivity (Wildman–Crippen MR) is 164 cm³/mol. The molecule has 0 radical (unpaired) electrons. The molecule has 13 heteroatoms. The first-order valence-corrected chi connectivity index (χ1v) is 16.0. The van der Waals surface area contributed by atoms with E-state index in [0.29, 0.717) is 39.0 Å². The maximum atomic E-state index is 13.6. The van der Waals surface area contributed by atoms with Crippen molar-refractivity contribution in [1.29, 1.82) is 0 Å². The Labute approximate surface area is 264 Å². The molecule has 45 heavy (non-hydrogen) atoms. The lowest BCUT2D eigenvalue weighted by atomic mass is 9.44. The minimum absolute atomic E-state index is 0.0137. The number of carbonyl (C=O) groups is 4. The van der Waals surface area contributed by atoms with Gasteiger partial charge in [0.05, 0.1) is 19.0 Å². The molecule has 5 rings (SSSR count). The Morgan fingerprint density at radius 1 is 1.18 bits per heavy atom. The number of nitrogens with zero attached hydrogens (tertiary/aromatic N) is 4. The van der Waals surface area contributed by atoms with Gasteiger partial charge < -0.3 is 30.9 Å². The Morgan fingerprint density at radius 2 is 1.87 bits per heavy atom. The summed E-state index contributed by atoms with van der Waals surface area (Å²) in [5.41, 5.74) is 9.38. The zero-order valence-corrected chi connectivity index (χ0v) is 26.9. The van der Waals surface area contributed by atoms with Crippen molar-refractivity contribution in [3.05, 3.63) is 24.7 Å². The van der Waals surface area contributed by atoms with Gasteiger partial charge in [-0.05, 0) is 42.9 Å². The molecule has 1 saturated heterocycles. The van der Waals surface area contributed by atoms with E-state index in [9.17, 15) is 24.3 Å². The Morgan fingerprint density at radius 3 is 2.49 bits per heavy atom. The molecule has 1 aliphatic heterocycles. The number of esters is 1. The first-order chi connectivity index (χ1) is 21.2. The van der Waals surface area contributed by atoms with Gasteiger partial charge >= 0.3 is 12.1 Å². The molecule has 2 heterocycles. The number of hydrogen-bond acceptors (Lipinski definition) is 10. The van der Waals surface area contributed by atoms with E-state index in [0.717, 1.165) is 19.3 Å². The van der Waals surface area contributed by atoms with Crippen molar-refractivity contribution < 1.29 is 33.8 Å².